The first-order valence-electron chi connectivity index (χ1n) is 9.62. The van der Waals surface area contributed by atoms with Gasteiger partial charge in [0.15, 0.2) is 12.3 Å². The SMILES string of the molecule is CCc1ccc(OCC(=O)Nc2nonc2-c2ccc(OCC(C)C)cc2)cc1. The van der Waals surface area contributed by atoms with E-state index >= 15 is 0 Å². The number of aryl methyl sites for hydroxylation is 1. The van der Waals surface area contributed by atoms with Crippen LogP contribution in [0.15, 0.2) is 53.2 Å². The van der Waals surface area contributed by atoms with E-state index in [1.165, 1.54) is 5.56 Å². The molecule has 1 heterocycles. The van der Waals surface area contributed by atoms with Gasteiger partial charge in [-0.05, 0) is 64.6 Å². The summed E-state index contributed by atoms with van der Waals surface area (Å²) in [6.45, 7) is 6.77. The molecule has 1 N–H and O–H groups in total. The molecule has 152 valence electrons. The van der Waals surface area contributed by atoms with E-state index in [2.05, 4.69) is 36.4 Å². The maximum absolute atomic E-state index is 12.2. The Kier molecular flexibility index (Phi) is 6.84. The minimum absolute atomic E-state index is 0.139. The quantitative estimate of drug-likeness (QED) is 0.580. The van der Waals surface area contributed by atoms with Crippen molar-refractivity contribution in [1.82, 2.24) is 10.3 Å². The molecule has 1 amide bonds. The number of rotatable bonds is 9. The number of carbonyl (C=O) groups excluding carboxylic acids is 1. The number of aromatic nitrogens is 2. The largest absolute Gasteiger partial charge is 0.493 e. The summed E-state index contributed by atoms with van der Waals surface area (Å²) in [4.78, 5) is 12.2. The van der Waals surface area contributed by atoms with Gasteiger partial charge in [-0.25, -0.2) is 4.63 Å². The second-order valence-corrected chi connectivity index (χ2v) is 7.03. The molecule has 7 nitrogen and oxygen atoms in total. The summed E-state index contributed by atoms with van der Waals surface area (Å²) in [7, 11) is 0. The van der Waals surface area contributed by atoms with Crippen LogP contribution in [0.4, 0.5) is 5.82 Å². The van der Waals surface area contributed by atoms with Crippen LogP contribution in [-0.4, -0.2) is 29.4 Å². The Balaban J connectivity index is 1.58. The van der Waals surface area contributed by atoms with Crippen molar-refractivity contribution in [3.63, 3.8) is 0 Å². The van der Waals surface area contributed by atoms with Crippen LogP contribution in [0.3, 0.4) is 0 Å². The van der Waals surface area contributed by atoms with Crippen molar-refractivity contribution in [2.24, 2.45) is 5.92 Å². The molecular weight excluding hydrogens is 370 g/mol. The molecule has 3 rings (SSSR count). The predicted molar refractivity (Wildman–Crippen MR) is 110 cm³/mol. The lowest BCUT2D eigenvalue weighted by Gasteiger charge is -2.09. The first-order valence-corrected chi connectivity index (χ1v) is 9.62. The van der Waals surface area contributed by atoms with Gasteiger partial charge in [-0.1, -0.05) is 32.9 Å². The summed E-state index contributed by atoms with van der Waals surface area (Å²) >= 11 is 0. The monoisotopic (exact) mass is 395 g/mol. The van der Waals surface area contributed by atoms with E-state index in [9.17, 15) is 4.79 Å². The van der Waals surface area contributed by atoms with E-state index < -0.39 is 0 Å². The lowest BCUT2D eigenvalue weighted by Crippen LogP contribution is -2.20. The van der Waals surface area contributed by atoms with Gasteiger partial charge in [-0.2, -0.15) is 0 Å². The summed E-state index contributed by atoms with van der Waals surface area (Å²) in [6, 6.07) is 15.0. The van der Waals surface area contributed by atoms with Crippen LogP contribution in [0.25, 0.3) is 11.3 Å². The maximum atomic E-state index is 12.2. The minimum Gasteiger partial charge on any atom is -0.493 e. The van der Waals surface area contributed by atoms with Gasteiger partial charge in [0, 0.05) is 5.56 Å². The van der Waals surface area contributed by atoms with E-state index in [4.69, 9.17) is 14.1 Å². The fraction of sp³-hybridized carbons (Fsp3) is 0.318. The van der Waals surface area contributed by atoms with Gasteiger partial charge in [0.05, 0.1) is 6.61 Å². The minimum atomic E-state index is -0.349. The van der Waals surface area contributed by atoms with Gasteiger partial charge in [0.2, 0.25) is 5.82 Å². The molecule has 0 aliphatic carbocycles. The number of ether oxygens (including phenoxy) is 2. The number of anilines is 1. The number of amides is 1. The molecule has 3 aromatic rings. The molecule has 0 unspecified atom stereocenters. The van der Waals surface area contributed by atoms with Crippen LogP contribution >= 0.6 is 0 Å². The molecule has 0 radical (unpaired) electrons. The van der Waals surface area contributed by atoms with Gasteiger partial charge < -0.3 is 14.8 Å². The molecule has 0 saturated heterocycles. The van der Waals surface area contributed by atoms with Crippen molar-refractivity contribution in [2.75, 3.05) is 18.5 Å². The normalized spacial score (nSPS) is 10.8. The molecular formula is C22H25N3O4. The van der Waals surface area contributed by atoms with Gasteiger partial charge in [0.1, 0.15) is 11.5 Å². The Morgan fingerprint density at radius 3 is 2.31 bits per heavy atom. The lowest BCUT2D eigenvalue weighted by atomic mass is 10.1. The molecule has 1 aromatic heterocycles. The molecule has 0 saturated carbocycles. The predicted octanol–water partition coefficient (Wildman–Crippen LogP) is 4.35. The Bertz CT molecular complexity index is 918. The number of benzene rings is 2. The molecule has 0 aliphatic heterocycles. The third-order valence-electron chi connectivity index (χ3n) is 4.16. The standard InChI is InChI=1S/C22H25N3O4/c1-4-16-5-9-18(10-6-16)28-14-20(26)23-22-21(24-29-25-22)17-7-11-19(12-8-17)27-13-15(2)3/h5-12,15H,4,13-14H2,1-3H3,(H,23,25,26). The van der Waals surface area contributed by atoms with Gasteiger partial charge >= 0.3 is 0 Å². The maximum Gasteiger partial charge on any atom is 0.263 e. The third-order valence-corrected chi connectivity index (χ3v) is 4.16. The smallest absolute Gasteiger partial charge is 0.263 e. The topological polar surface area (TPSA) is 86.5 Å². The van der Waals surface area contributed by atoms with Crippen molar-refractivity contribution < 1.29 is 18.9 Å². The number of carbonyl (C=O) groups is 1. The van der Waals surface area contributed by atoms with Crippen molar-refractivity contribution in [1.29, 1.82) is 0 Å². The van der Waals surface area contributed by atoms with E-state index in [0.29, 0.717) is 24.0 Å². The number of hydrogen-bond donors (Lipinski definition) is 1. The summed E-state index contributed by atoms with van der Waals surface area (Å²) in [5.74, 6) is 1.75. The van der Waals surface area contributed by atoms with E-state index in [1.54, 1.807) is 0 Å². The average Bonchev–Trinajstić information content (AvgIpc) is 3.19. The summed E-state index contributed by atoms with van der Waals surface area (Å²) < 4.78 is 16.0. The van der Waals surface area contributed by atoms with Crippen LogP contribution in [0.5, 0.6) is 11.5 Å². The van der Waals surface area contributed by atoms with Crippen LogP contribution in [0.1, 0.15) is 26.3 Å². The highest BCUT2D eigenvalue weighted by Gasteiger charge is 2.15. The molecule has 0 bridgehead atoms. The van der Waals surface area contributed by atoms with E-state index in [-0.39, 0.29) is 18.3 Å². The molecule has 29 heavy (non-hydrogen) atoms. The van der Waals surface area contributed by atoms with Crippen molar-refractivity contribution in [3.8, 4) is 22.8 Å². The van der Waals surface area contributed by atoms with Gasteiger partial charge in [-0.15, -0.1) is 0 Å². The van der Waals surface area contributed by atoms with Crippen LogP contribution in [-0.2, 0) is 11.2 Å². The van der Waals surface area contributed by atoms with Crippen molar-refractivity contribution >= 4 is 11.7 Å². The van der Waals surface area contributed by atoms with Crippen LogP contribution in [0, 0.1) is 5.92 Å². The Morgan fingerprint density at radius 1 is 1.00 bits per heavy atom. The van der Waals surface area contributed by atoms with E-state index in [0.717, 1.165) is 17.7 Å². The summed E-state index contributed by atoms with van der Waals surface area (Å²) in [5, 5.41) is 10.4. The molecule has 0 spiro atoms. The highest BCUT2D eigenvalue weighted by atomic mass is 16.6. The van der Waals surface area contributed by atoms with Crippen molar-refractivity contribution in [2.45, 2.75) is 27.2 Å². The molecule has 0 aliphatic rings. The Hall–Kier alpha value is -3.35. The van der Waals surface area contributed by atoms with Crippen LogP contribution < -0.4 is 14.8 Å². The Labute approximate surface area is 170 Å². The second-order valence-electron chi connectivity index (χ2n) is 7.03. The fourth-order valence-electron chi connectivity index (χ4n) is 2.57. The second kappa shape index (κ2) is 9.73. The molecule has 7 heteroatoms. The average molecular weight is 395 g/mol. The molecule has 2 aromatic carbocycles. The number of nitrogens with zero attached hydrogens (tertiary/aromatic N) is 2. The summed E-state index contributed by atoms with van der Waals surface area (Å²) in [6.07, 6.45) is 0.952. The van der Waals surface area contributed by atoms with Gasteiger partial charge in [-0.3, -0.25) is 4.79 Å². The zero-order valence-electron chi connectivity index (χ0n) is 16.8. The number of nitrogens with one attached hydrogen (secondary N) is 1. The zero-order valence-corrected chi connectivity index (χ0v) is 16.8. The van der Waals surface area contributed by atoms with Gasteiger partial charge in [0.25, 0.3) is 5.91 Å². The lowest BCUT2D eigenvalue weighted by molar-refractivity contribution is -0.118. The first-order chi connectivity index (χ1) is 14.0. The third kappa shape index (κ3) is 5.81. The number of hydrogen-bond acceptors (Lipinski definition) is 6. The zero-order chi connectivity index (χ0) is 20.6. The molecule has 0 atom stereocenters. The molecule has 0 fully saturated rings. The van der Waals surface area contributed by atoms with Crippen LogP contribution in [0.2, 0.25) is 0 Å². The first kappa shape index (κ1) is 20.4. The highest BCUT2D eigenvalue weighted by Crippen LogP contribution is 2.26. The Morgan fingerprint density at radius 2 is 1.66 bits per heavy atom. The highest BCUT2D eigenvalue weighted by molar-refractivity contribution is 5.94. The van der Waals surface area contributed by atoms with E-state index in [1.807, 2.05) is 48.5 Å². The summed E-state index contributed by atoms with van der Waals surface area (Å²) in [5.41, 5.74) is 2.41. The fourth-order valence-corrected chi connectivity index (χ4v) is 2.57. The van der Waals surface area contributed by atoms with Crippen molar-refractivity contribution in [3.05, 3.63) is 54.1 Å².